The summed E-state index contributed by atoms with van der Waals surface area (Å²) >= 11 is 0. The molecule has 21 heavy (non-hydrogen) atoms. The van der Waals surface area contributed by atoms with Crippen molar-refractivity contribution in [3.8, 4) is 0 Å². The number of amides is 4. The predicted octanol–water partition coefficient (Wildman–Crippen LogP) is -1.04. The molecule has 0 radical (unpaired) electrons. The Bertz CT molecular complexity index is 578. The first-order chi connectivity index (χ1) is 9.99. The van der Waals surface area contributed by atoms with Gasteiger partial charge in [0.05, 0.1) is 30.8 Å². The van der Waals surface area contributed by atoms with Crippen LogP contribution in [0.3, 0.4) is 0 Å². The summed E-state index contributed by atoms with van der Waals surface area (Å²) in [4.78, 5) is 53.5. The Morgan fingerprint density at radius 3 is 1.62 bits per heavy atom. The number of carbonyl (C=O) groups excluding carboxylic acids is 4. The van der Waals surface area contributed by atoms with E-state index in [1.807, 2.05) is 0 Å². The highest BCUT2D eigenvalue weighted by Gasteiger charge is 2.69. The molecule has 5 rings (SSSR count). The van der Waals surface area contributed by atoms with Crippen LogP contribution in [0.25, 0.3) is 0 Å². The van der Waals surface area contributed by atoms with Gasteiger partial charge in [-0.05, 0) is 0 Å². The summed E-state index contributed by atoms with van der Waals surface area (Å²) in [6.45, 7) is 0. The van der Waals surface area contributed by atoms with Crippen LogP contribution in [0.15, 0.2) is 12.2 Å². The van der Waals surface area contributed by atoms with Gasteiger partial charge in [0.2, 0.25) is 0 Å². The Balaban J connectivity index is 1.84. The quantitative estimate of drug-likeness (QED) is 0.376. The number of allylic oxidation sites excluding steroid dienone is 2. The van der Waals surface area contributed by atoms with Crippen molar-refractivity contribution in [2.24, 2.45) is 35.5 Å². The van der Waals surface area contributed by atoms with Crippen molar-refractivity contribution in [2.75, 3.05) is 7.11 Å². The van der Waals surface area contributed by atoms with Crippen molar-refractivity contribution >= 4 is 23.6 Å². The number of rotatable bonds is 1. The van der Waals surface area contributed by atoms with E-state index in [0.29, 0.717) is 0 Å². The molecule has 0 aromatic heterocycles. The average Bonchev–Trinajstić information content (AvgIpc) is 2.89. The third-order valence-corrected chi connectivity index (χ3v) is 5.13. The van der Waals surface area contributed by atoms with Crippen molar-refractivity contribution in [2.45, 2.75) is 0 Å². The van der Waals surface area contributed by atoms with Crippen LogP contribution in [0.1, 0.15) is 0 Å². The molecule has 0 spiro atoms. The topological polar surface area (TPSA) is 104 Å². The van der Waals surface area contributed by atoms with E-state index in [2.05, 4.69) is 0 Å². The van der Waals surface area contributed by atoms with Gasteiger partial charge in [-0.3, -0.25) is 29.2 Å². The molecule has 4 amide bonds. The number of imide groups is 2. The maximum absolute atomic E-state index is 12.3. The van der Waals surface area contributed by atoms with Crippen LogP contribution in [-0.4, -0.2) is 46.1 Å². The zero-order valence-corrected chi connectivity index (χ0v) is 11.0. The van der Waals surface area contributed by atoms with Gasteiger partial charge in [-0.25, -0.2) is 0 Å². The Labute approximate surface area is 118 Å². The Kier molecular flexibility index (Phi) is 2.28. The number of hydroxylamine groups is 4. The molecular weight excluding hydrogens is 280 g/mol. The monoisotopic (exact) mass is 292 g/mol. The van der Waals surface area contributed by atoms with Gasteiger partial charge in [0.15, 0.2) is 0 Å². The minimum Gasteiger partial charge on any atom is -0.278 e. The van der Waals surface area contributed by atoms with Crippen LogP contribution in [0, 0.1) is 35.5 Å². The molecule has 6 atom stereocenters. The molecule has 110 valence electrons. The minimum absolute atomic E-state index is 0.131. The first kappa shape index (κ1) is 12.7. The first-order valence-corrected chi connectivity index (χ1v) is 6.66. The van der Waals surface area contributed by atoms with Crippen molar-refractivity contribution in [3.63, 3.8) is 0 Å². The maximum atomic E-state index is 12.3. The van der Waals surface area contributed by atoms with E-state index in [-0.39, 0.29) is 5.06 Å². The van der Waals surface area contributed by atoms with E-state index in [0.717, 1.165) is 5.06 Å². The fourth-order valence-electron chi connectivity index (χ4n) is 4.36. The van der Waals surface area contributed by atoms with E-state index in [4.69, 9.17) is 4.84 Å². The molecular formula is C13H12N2O6. The van der Waals surface area contributed by atoms with E-state index < -0.39 is 59.1 Å². The molecule has 5 aliphatic rings. The second-order valence-corrected chi connectivity index (χ2v) is 5.78. The Morgan fingerprint density at radius 1 is 0.857 bits per heavy atom. The zero-order chi connectivity index (χ0) is 15.0. The highest BCUT2D eigenvalue weighted by Crippen LogP contribution is 2.57. The van der Waals surface area contributed by atoms with Crippen LogP contribution < -0.4 is 0 Å². The second-order valence-electron chi connectivity index (χ2n) is 5.78. The highest BCUT2D eigenvalue weighted by molar-refractivity contribution is 6.09. The lowest BCUT2D eigenvalue weighted by Crippen LogP contribution is -2.50. The van der Waals surface area contributed by atoms with Gasteiger partial charge in [0.1, 0.15) is 0 Å². The van der Waals surface area contributed by atoms with E-state index in [1.54, 1.807) is 12.2 Å². The van der Waals surface area contributed by atoms with Crippen LogP contribution in [0.5, 0.6) is 0 Å². The predicted molar refractivity (Wildman–Crippen MR) is 62.6 cm³/mol. The summed E-state index contributed by atoms with van der Waals surface area (Å²) < 4.78 is 0. The van der Waals surface area contributed by atoms with Crippen molar-refractivity contribution < 1.29 is 29.2 Å². The van der Waals surface area contributed by atoms with Crippen LogP contribution in [-0.2, 0) is 24.0 Å². The fraction of sp³-hybridized carbons (Fsp3) is 0.538. The molecule has 2 aliphatic heterocycles. The number of hydrogen-bond donors (Lipinski definition) is 1. The van der Waals surface area contributed by atoms with Crippen molar-refractivity contribution in [1.29, 1.82) is 0 Å². The largest absolute Gasteiger partial charge is 0.278 e. The molecule has 2 heterocycles. The molecule has 8 heteroatoms. The molecule has 3 fully saturated rings. The van der Waals surface area contributed by atoms with E-state index in [1.165, 1.54) is 7.11 Å². The van der Waals surface area contributed by atoms with Crippen molar-refractivity contribution in [1.82, 2.24) is 10.1 Å². The summed E-state index contributed by atoms with van der Waals surface area (Å²) in [5, 5.41) is 10.4. The normalized spacial score (nSPS) is 43.9. The van der Waals surface area contributed by atoms with Gasteiger partial charge in [0.25, 0.3) is 23.6 Å². The SMILES string of the molecule is CON1C(=O)C2C3C=CC(C4C(=O)N(O)C(=O)C34)C2C1=O. The number of nitrogens with zero attached hydrogens (tertiary/aromatic N) is 2. The van der Waals surface area contributed by atoms with Crippen LogP contribution >= 0.6 is 0 Å². The summed E-state index contributed by atoms with van der Waals surface area (Å²) in [7, 11) is 1.23. The van der Waals surface area contributed by atoms with Gasteiger partial charge in [-0.2, -0.15) is 10.1 Å². The Hall–Kier alpha value is -2.06. The standard InChI is InChI=1S/C13H12N2O6/c1-21-15-12(18)8-4-2-3-5(9(8)13(15)19)7-6(4)10(16)14(20)11(7)17/h2-9,20H,1H3. The molecule has 8 nitrogen and oxygen atoms in total. The molecule has 1 N–H and O–H groups in total. The maximum Gasteiger partial charge on any atom is 0.258 e. The highest BCUT2D eigenvalue weighted by atomic mass is 16.7. The third kappa shape index (κ3) is 1.23. The average molecular weight is 292 g/mol. The number of hydrogen-bond acceptors (Lipinski definition) is 6. The fourth-order valence-corrected chi connectivity index (χ4v) is 4.36. The lowest BCUT2D eigenvalue weighted by Gasteiger charge is -2.44. The molecule has 3 aliphatic carbocycles. The van der Waals surface area contributed by atoms with Gasteiger partial charge in [0, 0.05) is 11.8 Å². The second kappa shape index (κ2) is 3.77. The van der Waals surface area contributed by atoms with Gasteiger partial charge in [-0.1, -0.05) is 12.2 Å². The summed E-state index contributed by atoms with van der Waals surface area (Å²) in [6.07, 6.45) is 3.42. The molecule has 0 aromatic rings. The van der Waals surface area contributed by atoms with E-state index >= 15 is 0 Å². The van der Waals surface area contributed by atoms with Gasteiger partial charge in [-0.15, -0.1) is 0 Å². The molecule has 2 bridgehead atoms. The van der Waals surface area contributed by atoms with Gasteiger partial charge < -0.3 is 0 Å². The molecule has 1 saturated carbocycles. The lowest BCUT2D eigenvalue weighted by molar-refractivity contribution is -0.181. The lowest BCUT2D eigenvalue weighted by atomic mass is 9.54. The van der Waals surface area contributed by atoms with Crippen LogP contribution in [0.2, 0.25) is 0 Å². The molecule has 2 saturated heterocycles. The first-order valence-electron chi connectivity index (χ1n) is 6.66. The zero-order valence-electron chi connectivity index (χ0n) is 11.0. The number of carbonyl (C=O) groups is 4. The van der Waals surface area contributed by atoms with Crippen molar-refractivity contribution in [3.05, 3.63) is 12.2 Å². The summed E-state index contributed by atoms with van der Waals surface area (Å²) in [6, 6.07) is 0. The minimum atomic E-state index is -0.771. The van der Waals surface area contributed by atoms with Crippen LogP contribution in [0.4, 0.5) is 0 Å². The molecule has 0 aromatic carbocycles. The third-order valence-electron chi connectivity index (χ3n) is 5.13. The summed E-state index contributed by atoms with van der Waals surface area (Å²) in [5.74, 6) is -6.42. The Morgan fingerprint density at radius 2 is 1.24 bits per heavy atom. The molecule has 6 unspecified atom stereocenters. The van der Waals surface area contributed by atoms with E-state index in [9.17, 15) is 24.4 Å². The smallest absolute Gasteiger partial charge is 0.258 e. The van der Waals surface area contributed by atoms with Gasteiger partial charge >= 0.3 is 0 Å². The summed E-state index contributed by atoms with van der Waals surface area (Å²) in [5.41, 5.74) is 0.